The van der Waals surface area contributed by atoms with Crippen molar-refractivity contribution < 1.29 is 9.13 Å². The molecule has 4 heteroatoms. The van der Waals surface area contributed by atoms with Crippen LogP contribution in [0.4, 0.5) is 4.39 Å². The van der Waals surface area contributed by atoms with Crippen LogP contribution < -0.4 is 10.5 Å². The van der Waals surface area contributed by atoms with Gasteiger partial charge in [0.05, 0.1) is 19.3 Å². The fraction of sp³-hybridized carbons (Fsp3) is 0.214. The van der Waals surface area contributed by atoms with E-state index in [1.807, 2.05) is 13.0 Å². The Morgan fingerprint density at radius 1 is 1.28 bits per heavy atom. The maximum absolute atomic E-state index is 13.3. The molecule has 0 amide bonds. The number of ether oxygens (including phenoxy) is 1. The minimum absolute atomic E-state index is 0.290. The van der Waals surface area contributed by atoms with Crippen LogP contribution in [-0.2, 0) is 0 Å². The van der Waals surface area contributed by atoms with E-state index in [0.29, 0.717) is 5.75 Å². The molecule has 0 saturated heterocycles. The lowest BCUT2D eigenvalue weighted by Crippen LogP contribution is -2.14. The van der Waals surface area contributed by atoms with Crippen molar-refractivity contribution in [1.29, 1.82) is 0 Å². The molecule has 0 bridgehead atoms. The number of nitrogens with two attached hydrogens (primary N) is 1. The summed E-state index contributed by atoms with van der Waals surface area (Å²) in [5, 5.41) is 0. The largest absolute Gasteiger partial charge is 0.495 e. The number of aryl methyl sites for hydroxylation is 1. The van der Waals surface area contributed by atoms with Crippen LogP contribution in [0.5, 0.6) is 5.75 Å². The van der Waals surface area contributed by atoms with Gasteiger partial charge in [0.25, 0.3) is 0 Å². The van der Waals surface area contributed by atoms with Gasteiger partial charge in [-0.2, -0.15) is 0 Å². The Morgan fingerprint density at radius 2 is 2.06 bits per heavy atom. The summed E-state index contributed by atoms with van der Waals surface area (Å²) < 4.78 is 18.4. The third-order valence-electron chi connectivity index (χ3n) is 2.91. The summed E-state index contributed by atoms with van der Waals surface area (Å²) in [6.07, 6.45) is 3.27. The number of aromatic nitrogens is 1. The zero-order chi connectivity index (χ0) is 13.1. The highest BCUT2D eigenvalue weighted by molar-refractivity contribution is 5.37. The summed E-state index contributed by atoms with van der Waals surface area (Å²) in [5.74, 6) is 0.346. The molecule has 0 spiro atoms. The maximum Gasteiger partial charge on any atom is 0.137 e. The van der Waals surface area contributed by atoms with Gasteiger partial charge in [-0.1, -0.05) is 6.07 Å². The first-order chi connectivity index (χ1) is 8.61. The van der Waals surface area contributed by atoms with Crippen LogP contribution in [0, 0.1) is 12.7 Å². The second kappa shape index (κ2) is 5.14. The molecule has 3 nitrogen and oxygen atoms in total. The van der Waals surface area contributed by atoms with Gasteiger partial charge in [0.2, 0.25) is 0 Å². The second-order valence-electron chi connectivity index (χ2n) is 4.14. The second-order valence-corrected chi connectivity index (χ2v) is 4.14. The van der Waals surface area contributed by atoms with Crippen LogP contribution in [0.3, 0.4) is 0 Å². The van der Waals surface area contributed by atoms with Crippen LogP contribution in [0.15, 0.2) is 36.7 Å². The van der Waals surface area contributed by atoms with E-state index in [1.54, 1.807) is 25.6 Å². The molecule has 2 aromatic rings. The Labute approximate surface area is 105 Å². The van der Waals surface area contributed by atoms with Crippen LogP contribution in [0.2, 0.25) is 0 Å². The highest BCUT2D eigenvalue weighted by Gasteiger charge is 2.13. The van der Waals surface area contributed by atoms with Crippen molar-refractivity contribution >= 4 is 0 Å². The SMILES string of the molecule is COc1cncc(C(N)c2cc(F)ccc2C)c1. The Balaban J connectivity index is 2.40. The van der Waals surface area contributed by atoms with E-state index < -0.39 is 6.04 Å². The molecule has 1 unspecified atom stereocenters. The normalized spacial score (nSPS) is 12.2. The van der Waals surface area contributed by atoms with E-state index in [0.717, 1.165) is 16.7 Å². The average Bonchev–Trinajstić information content (AvgIpc) is 2.41. The third-order valence-corrected chi connectivity index (χ3v) is 2.91. The number of hydrogen-bond acceptors (Lipinski definition) is 3. The van der Waals surface area contributed by atoms with Crippen molar-refractivity contribution in [1.82, 2.24) is 4.98 Å². The lowest BCUT2D eigenvalue weighted by molar-refractivity contribution is 0.412. The number of methoxy groups -OCH3 is 1. The quantitative estimate of drug-likeness (QED) is 0.905. The van der Waals surface area contributed by atoms with Gasteiger partial charge in [0.1, 0.15) is 11.6 Å². The van der Waals surface area contributed by atoms with Gasteiger partial charge in [-0.05, 0) is 41.8 Å². The predicted molar refractivity (Wildman–Crippen MR) is 68.0 cm³/mol. The highest BCUT2D eigenvalue weighted by atomic mass is 19.1. The average molecular weight is 246 g/mol. The van der Waals surface area contributed by atoms with Crippen molar-refractivity contribution in [3.05, 3.63) is 59.2 Å². The number of benzene rings is 1. The zero-order valence-corrected chi connectivity index (χ0v) is 10.4. The third kappa shape index (κ3) is 2.49. The van der Waals surface area contributed by atoms with Crippen molar-refractivity contribution in [2.45, 2.75) is 13.0 Å². The molecular weight excluding hydrogens is 231 g/mol. The summed E-state index contributed by atoms with van der Waals surface area (Å²) in [5.41, 5.74) is 8.65. The minimum atomic E-state index is -0.414. The van der Waals surface area contributed by atoms with Crippen molar-refractivity contribution in [2.24, 2.45) is 5.73 Å². The lowest BCUT2D eigenvalue weighted by atomic mass is 9.97. The van der Waals surface area contributed by atoms with Crippen molar-refractivity contribution in [3.63, 3.8) is 0 Å². The Hall–Kier alpha value is -1.94. The molecule has 1 aromatic heterocycles. The summed E-state index contributed by atoms with van der Waals surface area (Å²) in [7, 11) is 1.57. The molecule has 94 valence electrons. The van der Waals surface area contributed by atoms with Gasteiger partial charge in [-0.3, -0.25) is 4.98 Å². The molecule has 2 N–H and O–H groups in total. The first kappa shape index (κ1) is 12.5. The minimum Gasteiger partial charge on any atom is -0.495 e. The molecule has 0 aliphatic heterocycles. The van der Waals surface area contributed by atoms with Crippen LogP contribution in [0.1, 0.15) is 22.7 Å². The predicted octanol–water partition coefficient (Wildman–Crippen LogP) is 2.59. The summed E-state index contributed by atoms with van der Waals surface area (Å²) in [4.78, 5) is 4.06. The fourth-order valence-corrected chi connectivity index (χ4v) is 1.84. The molecular formula is C14H15FN2O. The number of hydrogen-bond donors (Lipinski definition) is 1. The van der Waals surface area contributed by atoms with Crippen LogP contribution in [0.25, 0.3) is 0 Å². The van der Waals surface area contributed by atoms with Crippen LogP contribution in [-0.4, -0.2) is 12.1 Å². The van der Waals surface area contributed by atoms with Gasteiger partial charge in [0.15, 0.2) is 0 Å². The molecule has 1 aromatic carbocycles. The summed E-state index contributed by atoms with van der Waals surface area (Å²) in [6, 6.07) is 6.00. The molecule has 1 atom stereocenters. The van der Waals surface area contributed by atoms with Gasteiger partial charge in [-0.15, -0.1) is 0 Å². The Kier molecular flexibility index (Phi) is 3.58. The van der Waals surface area contributed by atoms with Crippen LogP contribution >= 0.6 is 0 Å². The maximum atomic E-state index is 13.3. The summed E-state index contributed by atoms with van der Waals surface area (Å²) >= 11 is 0. The van der Waals surface area contributed by atoms with E-state index >= 15 is 0 Å². The number of halogens is 1. The van der Waals surface area contributed by atoms with E-state index in [-0.39, 0.29) is 5.82 Å². The first-order valence-electron chi connectivity index (χ1n) is 5.62. The number of nitrogens with zero attached hydrogens (tertiary/aromatic N) is 1. The summed E-state index contributed by atoms with van der Waals surface area (Å²) in [6.45, 7) is 1.90. The molecule has 18 heavy (non-hydrogen) atoms. The van der Waals surface area contributed by atoms with Gasteiger partial charge >= 0.3 is 0 Å². The van der Waals surface area contributed by atoms with Gasteiger partial charge in [-0.25, -0.2) is 4.39 Å². The topological polar surface area (TPSA) is 48.1 Å². The van der Waals surface area contributed by atoms with E-state index in [4.69, 9.17) is 10.5 Å². The monoisotopic (exact) mass is 246 g/mol. The zero-order valence-electron chi connectivity index (χ0n) is 10.4. The smallest absolute Gasteiger partial charge is 0.137 e. The first-order valence-corrected chi connectivity index (χ1v) is 5.62. The number of pyridine rings is 1. The molecule has 0 aliphatic rings. The number of rotatable bonds is 3. The molecule has 0 aliphatic carbocycles. The molecule has 2 rings (SSSR count). The molecule has 1 heterocycles. The van der Waals surface area contributed by atoms with Gasteiger partial charge < -0.3 is 10.5 Å². The van der Waals surface area contributed by atoms with E-state index in [2.05, 4.69) is 4.98 Å². The lowest BCUT2D eigenvalue weighted by Gasteiger charge is -2.15. The Morgan fingerprint density at radius 3 is 2.78 bits per heavy atom. The Bertz CT molecular complexity index is 557. The molecule has 0 saturated carbocycles. The highest BCUT2D eigenvalue weighted by Crippen LogP contribution is 2.25. The van der Waals surface area contributed by atoms with E-state index in [1.165, 1.54) is 12.1 Å². The molecule has 0 radical (unpaired) electrons. The van der Waals surface area contributed by atoms with Crippen molar-refractivity contribution in [2.75, 3.05) is 7.11 Å². The van der Waals surface area contributed by atoms with Gasteiger partial charge in [0, 0.05) is 6.20 Å². The van der Waals surface area contributed by atoms with Crippen molar-refractivity contribution in [3.8, 4) is 5.75 Å². The standard InChI is InChI=1S/C14H15FN2O/c1-9-3-4-11(15)6-13(9)14(16)10-5-12(18-2)8-17-7-10/h3-8,14H,16H2,1-2H3. The fourth-order valence-electron chi connectivity index (χ4n) is 1.84. The van der Waals surface area contributed by atoms with E-state index in [9.17, 15) is 4.39 Å². The molecule has 0 fully saturated rings.